The Morgan fingerprint density at radius 2 is 2.08 bits per heavy atom. The second-order valence-electron chi connectivity index (χ2n) is 2.92. The molecule has 0 amide bonds. The van der Waals surface area contributed by atoms with E-state index in [1.54, 1.807) is 0 Å². The Morgan fingerprint density at radius 3 is 2.50 bits per heavy atom. The van der Waals surface area contributed by atoms with Gasteiger partial charge in [0.2, 0.25) is 0 Å². The third-order valence-electron chi connectivity index (χ3n) is 1.54. The summed E-state index contributed by atoms with van der Waals surface area (Å²) in [5.41, 5.74) is 0. The van der Waals surface area contributed by atoms with E-state index in [1.165, 1.54) is 6.08 Å². The van der Waals surface area contributed by atoms with Crippen molar-refractivity contribution in [2.75, 3.05) is 6.61 Å². The van der Waals surface area contributed by atoms with Crippen molar-refractivity contribution in [1.82, 2.24) is 0 Å². The summed E-state index contributed by atoms with van der Waals surface area (Å²) in [5, 5.41) is 0. The van der Waals surface area contributed by atoms with Gasteiger partial charge in [0.25, 0.3) is 0 Å². The highest BCUT2D eigenvalue weighted by atomic mass is 16.7. The van der Waals surface area contributed by atoms with Crippen molar-refractivity contribution in [2.45, 2.75) is 26.9 Å². The van der Waals surface area contributed by atoms with Crippen LogP contribution in [0, 0.1) is 5.92 Å². The average molecular weight is 172 g/mol. The Bertz CT molecular complexity index is 152. The first-order valence-corrected chi connectivity index (χ1v) is 4.02. The second-order valence-corrected chi connectivity index (χ2v) is 2.92. The fraction of sp³-hybridized carbons (Fsp3) is 0.667. The van der Waals surface area contributed by atoms with Crippen molar-refractivity contribution in [3.05, 3.63) is 12.7 Å². The van der Waals surface area contributed by atoms with Gasteiger partial charge in [0, 0.05) is 0 Å². The summed E-state index contributed by atoms with van der Waals surface area (Å²) < 4.78 is 9.54. The number of rotatable bonds is 4. The molecule has 0 saturated heterocycles. The summed E-state index contributed by atoms with van der Waals surface area (Å²) in [6.45, 7) is 9.40. The molecule has 0 aliphatic carbocycles. The largest absolute Gasteiger partial charge is 0.508 e. The summed E-state index contributed by atoms with van der Waals surface area (Å²) >= 11 is 0. The van der Waals surface area contributed by atoms with Gasteiger partial charge in [-0.05, 0) is 12.8 Å². The van der Waals surface area contributed by atoms with Gasteiger partial charge >= 0.3 is 6.16 Å². The van der Waals surface area contributed by atoms with Crippen LogP contribution in [-0.2, 0) is 9.47 Å². The molecule has 0 fully saturated rings. The number of carbonyl (C=O) groups is 1. The molecule has 0 heterocycles. The van der Waals surface area contributed by atoms with Crippen LogP contribution in [0.5, 0.6) is 0 Å². The molecule has 0 radical (unpaired) electrons. The molecule has 3 heteroatoms. The molecule has 1 atom stereocenters. The van der Waals surface area contributed by atoms with E-state index in [4.69, 9.17) is 4.74 Å². The molecule has 0 saturated carbocycles. The SMILES string of the molecule is C=CCOC(=O)OC(C)C(C)C. The Balaban J connectivity index is 3.61. The van der Waals surface area contributed by atoms with Crippen molar-refractivity contribution in [1.29, 1.82) is 0 Å². The van der Waals surface area contributed by atoms with Crippen molar-refractivity contribution in [3.8, 4) is 0 Å². The molecule has 0 rings (SSSR count). The summed E-state index contributed by atoms with van der Waals surface area (Å²) in [7, 11) is 0. The number of carbonyl (C=O) groups excluding carboxylic acids is 1. The molecule has 1 unspecified atom stereocenters. The normalized spacial score (nSPS) is 12.3. The number of hydrogen-bond donors (Lipinski definition) is 0. The highest BCUT2D eigenvalue weighted by Crippen LogP contribution is 2.05. The van der Waals surface area contributed by atoms with Gasteiger partial charge in [0.05, 0.1) is 0 Å². The first kappa shape index (κ1) is 11.0. The van der Waals surface area contributed by atoms with Gasteiger partial charge in [0.1, 0.15) is 12.7 Å². The third kappa shape index (κ3) is 4.77. The first-order chi connectivity index (χ1) is 5.57. The lowest BCUT2D eigenvalue weighted by Crippen LogP contribution is -2.20. The maximum atomic E-state index is 10.8. The van der Waals surface area contributed by atoms with E-state index in [-0.39, 0.29) is 12.7 Å². The molecule has 0 aliphatic rings. The van der Waals surface area contributed by atoms with E-state index in [1.807, 2.05) is 20.8 Å². The van der Waals surface area contributed by atoms with E-state index in [0.29, 0.717) is 5.92 Å². The van der Waals surface area contributed by atoms with Gasteiger partial charge in [-0.1, -0.05) is 26.5 Å². The van der Waals surface area contributed by atoms with Gasteiger partial charge < -0.3 is 9.47 Å². The zero-order chi connectivity index (χ0) is 9.56. The van der Waals surface area contributed by atoms with Crippen LogP contribution in [0.15, 0.2) is 12.7 Å². The Labute approximate surface area is 73.4 Å². The molecular weight excluding hydrogens is 156 g/mol. The average Bonchev–Trinajstić information content (AvgIpc) is 2.00. The molecule has 0 aromatic carbocycles. The van der Waals surface area contributed by atoms with Gasteiger partial charge in [-0.25, -0.2) is 4.79 Å². The van der Waals surface area contributed by atoms with Crippen LogP contribution in [0.25, 0.3) is 0 Å². The fourth-order valence-corrected chi connectivity index (χ4v) is 0.449. The molecule has 0 aromatic rings. The fourth-order valence-electron chi connectivity index (χ4n) is 0.449. The van der Waals surface area contributed by atoms with E-state index >= 15 is 0 Å². The Kier molecular flexibility index (Phi) is 5.17. The molecule has 0 aromatic heterocycles. The van der Waals surface area contributed by atoms with Gasteiger partial charge in [0.15, 0.2) is 0 Å². The van der Waals surface area contributed by atoms with E-state index in [9.17, 15) is 4.79 Å². The predicted octanol–water partition coefficient (Wildman–Crippen LogP) is 2.37. The Morgan fingerprint density at radius 1 is 1.50 bits per heavy atom. The smallest absolute Gasteiger partial charge is 0.431 e. The zero-order valence-electron chi connectivity index (χ0n) is 7.87. The van der Waals surface area contributed by atoms with Crippen LogP contribution in [0.3, 0.4) is 0 Å². The predicted molar refractivity (Wildman–Crippen MR) is 46.9 cm³/mol. The molecule has 70 valence electrons. The lowest BCUT2D eigenvalue weighted by Gasteiger charge is -2.15. The molecule has 0 aliphatic heterocycles. The molecule has 0 bridgehead atoms. The van der Waals surface area contributed by atoms with Gasteiger partial charge in [-0.2, -0.15) is 0 Å². The minimum absolute atomic E-state index is 0.109. The highest BCUT2D eigenvalue weighted by Gasteiger charge is 2.12. The van der Waals surface area contributed by atoms with Crippen molar-refractivity contribution >= 4 is 6.16 Å². The van der Waals surface area contributed by atoms with Gasteiger partial charge in [-0.15, -0.1) is 0 Å². The lowest BCUT2D eigenvalue weighted by atomic mass is 10.1. The molecule has 0 N–H and O–H groups in total. The van der Waals surface area contributed by atoms with Crippen molar-refractivity contribution < 1.29 is 14.3 Å². The van der Waals surface area contributed by atoms with E-state index in [0.717, 1.165) is 0 Å². The minimum atomic E-state index is -0.629. The molecule has 3 nitrogen and oxygen atoms in total. The standard InChI is InChI=1S/C9H16O3/c1-5-6-11-9(10)12-8(4)7(2)3/h5,7-8H,1,6H2,2-4H3. The zero-order valence-corrected chi connectivity index (χ0v) is 7.87. The van der Waals surface area contributed by atoms with Gasteiger partial charge in [-0.3, -0.25) is 0 Å². The van der Waals surface area contributed by atoms with E-state index < -0.39 is 6.16 Å². The van der Waals surface area contributed by atoms with Crippen LogP contribution >= 0.6 is 0 Å². The highest BCUT2D eigenvalue weighted by molar-refractivity contribution is 5.60. The van der Waals surface area contributed by atoms with Crippen LogP contribution in [-0.4, -0.2) is 18.9 Å². The van der Waals surface area contributed by atoms with Crippen molar-refractivity contribution in [3.63, 3.8) is 0 Å². The minimum Gasteiger partial charge on any atom is -0.431 e. The first-order valence-electron chi connectivity index (χ1n) is 4.02. The Hall–Kier alpha value is -0.990. The summed E-state index contributed by atoms with van der Waals surface area (Å²) in [6.07, 6.45) is 0.764. The van der Waals surface area contributed by atoms with Crippen LogP contribution in [0.4, 0.5) is 4.79 Å². The molecule has 0 spiro atoms. The third-order valence-corrected chi connectivity index (χ3v) is 1.54. The summed E-state index contributed by atoms with van der Waals surface area (Å²) in [4.78, 5) is 10.8. The lowest BCUT2D eigenvalue weighted by molar-refractivity contribution is 0.0203. The topological polar surface area (TPSA) is 35.5 Å². The number of hydrogen-bond acceptors (Lipinski definition) is 3. The van der Waals surface area contributed by atoms with Crippen LogP contribution in [0.2, 0.25) is 0 Å². The van der Waals surface area contributed by atoms with E-state index in [2.05, 4.69) is 11.3 Å². The maximum Gasteiger partial charge on any atom is 0.508 e. The summed E-state index contributed by atoms with van der Waals surface area (Å²) in [6, 6.07) is 0. The second kappa shape index (κ2) is 5.63. The molecule has 12 heavy (non-hydrogen) atoms. The molecular formula is C9H16O3. The quantitative estimate of drug-likeness (QED) is 0.482. The van der Waals surface area contributed by atoms with Crippen molar-refractivity contribution in [2.24, 2.45) is 5.92 Å². The summed E-state index contributed by atoms with van der Waals surface area (Å²) in [5.74, 6) is 0.307. The number of ether oxygens (including phenoxy) is 2. The van der Waals surface area contributed by atoms with Crippen LogP contribution in [0.1, 0.15) is 20.8 Å². The monoisotopic (exact) mass is 172 g/mol. The van der Waals surface area contributed by atoms with Crippen LogP contribution < -0.4 is 0 Å². The maximum absolute atomic E-state index is 10.8.